The molecule has 0 fully saturated rings. The molecule has 10 heavy (non-hydrogen) atoms. The fourth-order valence-corrected chi connectivity index (χ4v) is 1.45. The molecule has 0 bridgehead atoms. The van der Waals surface area contributed by atoms with Gasteiger partial charge in [0.1, 0.15) is 4.70 Å². The summed E-state index contributed by atoms with van der Waals surface area (Å²) < 4.78 is 4.58. The first kappa shape index (κ1) is 5.61. The molecule has 2 aromatic heterocycles. The second kappa shape index (κ2) is 1.91. The van der Waals surface area contributed by atoms with Crippen LogP contribution in [-0.2, 0) is 0 Å². The number of H-pyrrole nitrogens is 1. The summed E-state index contributed by atoms with van der Waals surface area (Å²) in [5, 5.41) is 0.911. The summed E-state index contributed by atoms with van der Waals surface area (Å²) in [4.78, 5) is 13.5. The van der Waals surface area contributed by atoms with Crippen LogP contribution >= 0.6 is 11.5 Å². The van der Waals surface area contributed by atoms with E-state index < -0.39 is 0 Å². The maximum absolute atomic E-state index is 11.0. The Morgan fingerprint density at radius 3 is 3.30 bits per heavy atom. The lowest BCUT2D eigenvalue weighted by Gasteiger charge is -1.81. The lowest BCUT2D eigenvalue weighted by atomic mass is 10.4. The van der Waals surface area contributed by atoms with E-state index in [4.69, 9.17) is 0 Å². The molecule has 0 saturated heterocycles. The highest BCUT2D eigenvalue weighted by Crippen LogP contribution is 2.10. The van der Waals surface area contributed by atoms with E-state index in [1.165, 1.54) is 11.5 Å². The van der Waals surface area contributed by atoms with Crippen molar-refractivity contribution in [2.45, 2.75) is 0 Å². The van der Waals surface area contributed by atoms with Crippen molar-refractivity contribution in [2.75, 3.05) is 0 Å². The largest absolute Gasteiger partial charge is 0.328 e. The highest BCUT2D eigenvalue weighted by Gasteiger charge is 1.97. The van der Waals surface area contributed by atoms with E-state index in [-0.39, 0.29) is 5.56 Å². The molecule has 0 atom stereocenters. The first-order valence-electron chi connectivity index (χ1n) is 2.80. The Morgan fingerprint density at radius 1 is 1.60 bits per heavy atom. The Balaban J connectivity index is 3.09. The zero-order valence-corrected chi connectivity index (χ0v) is 5.81. The van der Waals surface area contributed by atoms with Crippen LogP contribution in [0.3, 0.4) is 0 Å². The summed E-state index contributed by atoms with van der Waals surface area (Å²) in [5.74, 6) is 0. The van der Waals surface area contributed by atoms with Gasteiger partial charge >= 0.3 is 0 Å². The third kappa shape index (κ3) is 0.657. The van der Waals surface area contributed by atoms with Gasteiger partial charge in [0.2, 0.25) is 0 Å². The monoisotopic (exact) mass is 152 g/mol. The van der Waals surface area contributed by atoms with Crippen molar-refractivity contribution >= 4 is 21.6 Å². The minimum Gasteiger partial charge on any atom is -0.328 e. The smallest absolute Gasteiger partial charge is 0.267 e. The number of aromatic nitrogens is 2. The van der Waals surface area contributed by atoms with Crippen molar-refractivity contribution in [3.63, 3.8) is 0 Å². The summed E-state index contributed by atoms with van der Waals surface area (Å²) in [6.45, 7) is 0. The number of fused-ring (bicyclic) bond motifs is 1. The molecule has 0 aromatic carbocycles. The summed E-state index contributed by atoms with van der Waals surface area (Å²) in [7, 11) is 0. The normalized spacial score (nSPS) is 10.4. The van der Waals surface area contributed by atoms with E-state index in [2.05, 4.69) is 9.36 Å². The number of hydrogen-bond acceptors (Lipinski definition) is 3. The number of pyridine rings is 1. The third-order valence-electron chi connectivity index (χ3n) is 1.28. The Labute approximate surface area is 60.5 Å². The van der Waals surface area contributed by atoms with Crippen LogP contribution in [0.4, 0.5) is 0 Å². The van der Waals surface area contributed by atoms with Crippen LogP contribution < -0.4 is 5.56 Å². The molecule has 0 unspecified atom stereocenters. The topological polar surface area (TPSA) is 45.8 Å². The van der Waals surface area contributed by atoms with Gasteiger partial charge in [0, 0.05) is 17.8 Å². The fourth-order valence-electron chi connectivity index (χ4n) is 0.811. The van der Waals surface area contributed by atoms with Gasteiger partial charge in [-0.3, -0.25) is 4.79 Å². The zero-order valence-electron chi connectivity index (χ0n) is 5.00. The quantitative estimate of drug-likeness (QED) is 0.611. The van der Waals surface area contributed by atoms with Crippen LogP contribution in [0.25, 0.3) is 10.1 Å². The molecule has 0 radical (unpaired) electrons. The van der Waals surface area contributed by atoms with Crippen LogP contribution in [0.15, 0.2) is 23.3 Å². The Hall–Kier alpha value is -1.16. The van der Waals surface area contributed by atoms with Gasteiger partial charge in [-0.15, -0.1) is 0 Å². The third-order valence-corrected chi connectivity index (χ3v) is 2.10. The van der Waals surface area contributed by atoms with Crippen molar-refractivity contribution in [1.29, 1.82) is 0 Å². The maximum Gasteiger partial charge on any atom is 0.267 e. The van der Waals surface area contributed by atoms with Crippen LogP contribution in [0.1, 0.15) is 0 Å². The molecule has 0 aliphatic carbocycles. The molecule has 2 heterocycles. The van der Waals surface area contributed by atoms with Gasteiger partial charge in [-0.2, -0.15) is 4.37 Å². The predicted octanol–water partition coefficient (Wildman–Crippen LogP) is 0.985. The summed E-state index contributed by atoms with van der Waals surface area (Å²) in [6.07, 6.45) is 3.31. The molecule has 0 saturated carbocycles. The predicted molar refractivity (Wildman–Crippen MR) is 40.2 cm³/mol. The van der Waals surface area contributed by atoms with Crippen molar-refractivity contribution in [1.82, 2.24) is 9.36 Å². The van der Waals surface area contributed by atoms with E-state index >= 15 is 0 Å². The molecular formula is C6H4N2OS. The standard InChI is InChI=1S/C6H4N2OS/c9-6-5-4(1-2-7-6)3-8-10-5/h1-3H,(H,7,9). The first-order chi connectivity index (χ1) is 4.88. The number of nitrogens with zero attached hydrogens (tertiary/aromatic N) is 1. The number of hydrogen-bond donors (Lipinski definition) is 1. The molecule has 3 nitrogen and oxygen atoms in total. The van der Waals surface area contributed by atoms with Crippen molar-refractivity contribution in [2.24, 2.45) is 0 Å². The van der Waals surface area contributed by atoms with Crippen LogP contribution in [-0.4, -0.2) is 9.36 Å². The lowest BCUT2D eigenvalue weighted by molar-refractivity contribution is 1.29. The van der Waals surface area contributed by atoms with Crippen molar-refractivity contribution < 1.29 is 0 Å². The Kier molecular flexibility index (Phi) is 1.07. The average molecular weight is 152 g/mol. The van der Waals surface area contributed by atoms with Gasteiger partial charge in [-0.25, -0.2) is 0 Å². The van der Waals surface area contributed by atoms with E-state index in [1.807, 2.05) is 6.07 Å². The lowest BCUT2D eigenvalue weighted by Crippen LogP contribution is -2.01. The van der Waals surface area contributed by atoms with Gasteiger partial charge in [0.05, 0.1) is 0 Å². The highest BCUT2D eigenvalue weighted by atomic mass is 32.1. The first-order valence-corrected chi connectivity index (χ1v) is 3.57. The summed E-state index contributed by atoms with van der Waals surface area (Å²) in [6, 6.07) is 1.83. The molecule has 2 aromatic rings. The molecule has 50 valence electrons. The second-order valence-corrected chi connectivity index (χ2v) is 2.72. The molecule has 0 aliphatic heterocycles. The molecule has 0 aliphatic rings. The second-order valence-electron chi connectivity index (χ2n) is 1.92. The molecular weight excluding hydrogens is 148 g/mol. The van der Waals surface area contributed by atoms with Gasteiger partial charge in [0.15, 0.2) is 0 Å². The van der Waals surface area contributed by atoms with Gasteiger partial charge in [-0.05, 0) is 17.6 Å². The molecule has 1 N–H and O–H groups in total. The van der Waals surface area contributed by atoms with Gasteiger partial charge in [-0.1, -0.05) is 0 Å². The van der Waals surface area contributed by atoms with E-state index in [0.29, 0.717) is 4.70 Å². The highest BCUT2D eigenvalue weighted by molar-refractivity contribution is 7.13. The average Bonchev–Trinajstić information content (AvgIpc) is 2.36. The minimum absolute atomic E-state index is 0.0556. The van der Waals surface area contributed by atoms with Crippen LogP contribution in [0, 0.1) is 0 Å². The maximum atomic E-state index is 11.0. The minimum atomic E-state index is -0.0556. The van der Waals surface area contributed by atoms with Crippen molar-refractivity contribution in [3.05, 3.63) is 28.8 Å². The zero-order chi connectivity index (χ0) is 6.97. The molecule has 2 rings (SSSR count). The summed E-state index contributed by atoms with van der Waals surface area (Å²) in [5.41, 5.74) is -0.0556. The van der Waals surface area contributed by atoms with E-state index in [1.54, 1.807) is 12.4 Å². The number of rotatable bonds is 0. The molecule has 4 heteroatoms. The Morgan fingerprint density at radius 2 is 2.50 bits per heavy atom. The van der Waals surface area contributed by atoms with Crippen molar-refractivity contribution in [3.8, 4) is 0 Å². The number of nitrogens with one attached hydrogen (secondary N) is 1. The SMILES string of the molecule is O=c1[nH]ccc2cnsc12. The molecule has 0 amide bonds. The van der Waals surface area contributed by atoms with Gasteiger partial charge in [0.25, 0.3) is 5.56 Å². The van der Waals surface area contributed by atoms with Gasteiger partial charge < -0.3 is 4.98 Å². The van der Waals surface area contributed by atoms with Crippen LogP contribution in [0.5, 0.6) is 0 Å². The number of aromatic amines is 1. The van der Waals surface area contributed by atoms with E-state index in [9.17, 15) is 4.79 Å². The summed E-state index contributed by atoms with van der Waals surface area (Å²) >= 11 is 1.22. The Bertz CT molecular complexity index is 403. The van der Waals surface area contributed by atoms with Crippen LogP contribution in [0.2, 0.25) is 0 Å². The fraction of sp³-hybridized carbons (Fsp3) is 0. The van der Waals surface area contributed by atoms with E-state index in [0.717, 1.165) is 5.39 Å². The molecule has 0 spiro atoms.